The number of aliphatic hydroxyl groups is 1. The summed E-state index contributed by atoms with van der Waals surface area (Å²) in [5.41, 5.74) is 0.569. The van der Waals surface area contributed by atoms with Crippen LogP contribution >= 0.6 is 0 Å². The molecule has 0 saturated carbocycles. The molecule has 0 aromatic heterocycles. The first-order chi connectivity index (χ1) is 13.0. The van der Waals surface area contributed by atoms with Crippen LogP contribution in [0.15, 0.2) is 24.3 Å². The number of nitrogens with zero attached hydrogens (tertiary/aromatic N) is 1. The third-order valence-electron chi connectivity index (χ3n) is 5.29. The van der Waals surface area contributed by atoms with Crippen molar-refractivity contribution >= 4 is 6.03 Å². The van der Waals surface area contributed by atoms with Crippen LogP contribution in [0.5, 0.6) is 0 Å². The van der Waals surface area contributed by atoms with Gasteiger partial charge in [-0.15, -0.1) is 0 Å². The quantitative estimate of drug-likeness (QED) is 0.614. The molecule has 2 atom stereocenters. The Hall–Kier alpha value is -1.70. The van der Waals surface area contributed by atoms with Gasteiger partial charge in [-0.3, -0.25) is 4.90 Å². The van der Waals surface area contributed by atoms with Gasteiger partial charge in [0.2, 0.25) is 0 Å². The number of urea groups is 1. The van der Waals surface area contributed by atoms with Gasteiger partial charge in [0.15, 0.2) is 0 Å². The Bertz CT molecular complexity index is 560. The van der Waals surface area contributed by atoms with Crippen molar-refractivity contribution < 1.29 is 19.0 Å². The van der Waals surface area contributed by atoms with E-state index in [1.165, 1.54) is 24.3 Å². The highest BCUT2D eigenvalue weighted by atomic mass is 19.1. The van der Waals surface area contributed by atoms with Crippen LogP contribution in [-0.2, 0) is 4.74 Å². The first-order valence-electron chi connectivity index (χ1n) is 9.82. The molecule has 0 aliphatic carbocycles. The summed E-state index contributed by atoms with van der Waals surface area (Å²) in [6.45, 7) is 8.22. The minimum Gasteiger partial charge on any atom is -0.387 e. The van der Waals surface area contributed by atoms with Gasteiger partial charge in [-0.2, -0.15) is 0 Å². The number of ether oxygens (including phenoxy) is 1. The zero-order valence-electron chi connectivity index (χ0n) is 16.3. The summed E-state index contributed by atoms with van der Waals surface area (Å²) in [7, 11) is 0. The van der Waals surface area contributed by atoms with Gasteiger partial charge >= 0.3 is 6.03 Å². The molecule has 1 aliphatic rings. The van der Waals surface area contributed by atoms with Crippen LogP contribution in [-0.4, -0.2) is 61.5 Å². The zero-order chi connectivity index (χ0) is 19.6. The molecule has 0 bridgehead atoms. The van der Waals surface area contributed by atoms with Crippen LogP contribution in [0.25, 0.3) is 0 Å². The molecule has 1 aromatic carbocycles. The third-order valence-corrected chi connectivity index (χ3v) is 5.29. The maximum Gasteiger partial charge on any atom is 0.314 e. The van der Waals surface area contributed by atoms with Crippen molar-refractivity contribution in [1.82, 2.24) is 15.5 Å². The van der Waals surface area contributed by atoms with Crippen molar-refractivity contribution in [3.05, 3.63) is 35.6 Å². The zero-order valence-corrected chi connectivity index (χ0v) is 16.3. The molecule has 2 unspecified atom stereocenters. The normalized spacial score (nSPS) is 17.5. The average Bonchev–Trinajstić information content (AvgIpc) is 2.70. The van der Waals surface area contributed by atoms with Crippen molar-refractivity contribution in [3.63, 3.8) is 0 Å². The number of amides is 2. The van der Waals surface area contributed by atoms with Crippen LogP contribution < -0.4 is 10.6 Å². The number of morpholine rings is 1. The Balaban J connectivity index is 1.82. The second kappa shape index (κ2) is 11.2. The fourth-order valence-electron chi connectivity index (χ4n) is 3.59. The number of rotatable bonds is 9. The number of carbonyl (C=O) groups excluding carboxylic acids is 1. The van der Waals surface area contributed by atoms with Gasteiger partial charge in [-0.05, 0) is 23.6 Å². The van der Waals surface area contributed by atoms with Gasteiger partial charge in [-0.25, -0.2) is 9.18 Å². The summed E-state index contributed by atoms with van der Waals surface area (Å²) in [5.74, 6) is 0.153. The lowest BCUT2D eigenvalue weighted by Gasteiger charge is -2.38. The van der Waals surface area contributed by atoms with Crippen molar-refractivity contribution in [1.29, 1.82) is 0 Å². The predicted molar refractivity (Wildman–Crippen MR) is 103 cm³/mol. The molecule has 27 heavy (non-hydrogen) atoms. The Morgan fingerprint density at radius 2 is 1.74 bits per heavy atom. The van der Waals surface area contributed by atoms with Gasteiger partial charge in [0.25, 0.3) is 0 Å². The predicted octanol–water partition coefficient (Wildman–Crippen LogP) is 2.30. The standard InChI is InChI=1S/C20H32FN3O3/c1-3-15(4-2)18(24-9-11-27-12-10-24)13-22-20(26)23-14-19(25)16-5-7-17(21)8-6-16/h5-8,15,18-19,25H,3-4,9-14H2,1-2H3,(H2,22,23,26). The maximum absolute atomic E-state index is 12.9. The van der Waals surface area contributed by atoms with Crippen LogP contribution in [0, 0.1) is 11.7 Å². The number of hydrogen-bond acceptors (Lipinski definition) is 4. The molecule has 1 aromatic rings. The number of benzene rings is 1. The highest BCUT2D eigenvalue weighted by Gasteiger charge is 2.27. The monoisotopic (exact) mass is 381 g/mol. The smallest absolute Gasteiger partial charge is 0.314 e. The Labute approximate surface area is 161 Å². The van der Waals surface area contributed by atoms with E-state index in [1.807, 2.05) is 0 Å². The lowest BCUT2D eigenvalue weighted by atomic mass is 9.92. The van der Waals surface area contributed by atoms with Gasteiger partial charge in [0.1, 0.15) is 5.82 Å². The lowest BCUT2D eigenvalue weighted by molar-refractivity contribution is 0.00236. The number of halogens is 1. The van der Waals surface area contributed by atoms with Crippen molar-refractivity contribution in [2.45, 2.75) is 38.8 Å². The van der Waals surface area contributed by atoms with E-state index in [-0.39, 0.29) is 24.4 Å². The number of carbonyl (C=O) groups is 1. The third kappa shape index (κ3) is 6.75. The molecule has 152 valence electrons. The van der Waals surface area contributed by atoms with E-state index < -0.39 is 6.10 Å². The number of aliphatic hydroxyl groups excluding tert-OH is 1. The van der Waals surface area contributed by atoms with E-state index in [9.17, 15) is 14.3 Å². The van der Waals surface area contributed by atoms with Crippen LogP contribution in [0.1, 0.15) is 38.4 Å². The molecule has 3 N–H and O–H groups in total. The molecular formula is C20H32FN3O3. The van der Waals surface area contributed by atoms with E-state index in [0.717, 1.165) is 39.1 Å². The van der Waals surface area contributed by atoms with Crippen molar-refractivity contribution in [2.24, 2.45) is 5.92 Å². The summed E-state index contributed by atoms with van der Waals surface area (Å²) in [6, 6.07) is 5.59. The van der Waals surface area contributed by atoms with Gasteiger partial charge in [-0.1, -0.05) is 38.8 Å². The summed E-state index contributed by atoms with van der Waals surface area (Å²) in [6.07, 6.45) is 1.25. The Morgan fingerprint density at radius 1 is 1.15 bits per heavy atom. The van der Waals surface area contributed by atoms with Crippen molar-refractivity contribution in [2.75, 3.05) is 39.4 Å². The minimum absolute atomic E-state index is 0.0741. The largest absolute Gasteiger partial charge is 0.387 e. The molecular weight excluding hydrogens is 349 g/mol. The second-order valence-corrected chi connectivity index (χ2v) is 6.95. The van der Waals surface area contributed by atoms with Gasteiger partial charge in [0.05, 0.1) is 19.3 Å². The van der Waals surface area contributed by atoms with Gasteiger partial charge in [0, 0.05) is 32.2 Å². The number of nitrogens with one attached hydrogen (secondary N) is 2. The molecule has 7 heteroatoms. The van der Waals surface area contributed by atoms with Crippen LogP contribution in [0.4, 0.5) is 9.18 Å². The maximum atomic E-state index is 12.9. The Kier molecular flexibility index (Phi) is 8.97. The topological polar surface area (TPSA) is 73.8 Å². The summed E-state index contributed by atoms with van der Waals surface area (Å²) in [4.78, 5) is 14.6. The minimum atomic E-state index is -0.870. The fourth-order valence-corrected chi connectivity index (χ4v) is 3.59. The molecule has 1 saturated heterocycles. The molecule has 2 amide bonds. The van der Waals surface area contributed by atoms with Crippen molar-refractivity contribution in [3.8, 4) is 0 Å². The highest BCUT2D eigenvalue weighted by Crippen LogP contribution is 2.19. The molecule has 1 fully saturated rings. The molecule has 6 nitrogen and oxygen atoms in total. The molecule has 0 spiro atoms. The van der Waals surface area contributed by atoms with E-state index >= 15 is 0 Å². The van der Waals surface area contributed by atoms with E-state index in [4.69, 9.17) is 4.74 Å². The van der Waals surface area contributed by atoms with Gasteiger partial charge < -0.3 is 20.5 Å². The van der Waals surface area contributed by atoms with E-state index in [0.29, 0.717) is 18.0 Å². The number of hydrogen-bond donors (Lipinski definition) is 3. The molecule has 1 aliphatic heterocycles. The summed E-state index contributed by atoms with van der Waals surface area (Å²) in [5, 5.41) is 15.8. The van der Waals surface area contributed by atoms with Crippen LogP contribution in [0.2, 0.25) is 0 Å². The highest BCUT2D eigenvalue weighted by molar-refractivity contribution is 5.73. The first kappa shape index (κ1) is 21.6. The summed E-state index contributed by atoms with van der Waals surface area (Å²) >= 11 is 0. The Morgan fingerprint density at radius 3 is 2.33 bits per heavy atom. The molecule has 1 heterocycles. The molecule has 2 rings (SSSR count). The van der Waals surface area contributed by atoms with Crippen LogP contribution in [0.3, 0.4) is 0 Å². The fraction of sp³-hybridized carbons (Fsp3) is 0.650. The van der Waals surface area contributed by atoms with E-state index in [1.54, 1.807) is 0 Å². The lowest BCUT2D eigenvalue weighted by Crippen LogP contribution is -2.53. The summed E-state index contributed by atoms with van der Waals surface area (Å²) < 4.78 is 18.4. The average molecular weight is 381 g/mol. The second-order valence-electron chi connectivity index (χ2n) is 6.95. The first-order valence-corrected chi connectivity index (χ1v) is 9.82. The SMILES string of the molecule is CCC(CC)C(CNC(=O)NCC(O)c1ccc(F)cc1)N1CCOCC1. The van der Waals surface area contributed by atoms with E-state index in [2.05, 4.69) is 29.4 Å². The molecule has 0 radical (unpaired) electrons.